The Kier molecular flexibility index (Phi) is 8.37. The molecule has 1 aromatic heterocycles. The molecule has 1 rings (SSSR count). The number of pyridine rings is 1. The van der Waals surface area contributed by atoms with Gasteiger partial charge < -0.3 is 15.2 Å². The molecule has 2 atom stereocenters. The van der Waals surface area contributed by atoms with Crippen LogP contribution in [-0.2, 0) is 9.47 Å². The summed E-state index contributed by atoms with van der Waals surface area (Å²) in [7, 11) is 3.44. The van der Waals surface area contributed by atoms with Gasteiger partial charge in [0.05, 0.1) is 18.3 Å². The van der Waals surface area contributed by atoms with E-state index in [4.69, 9.17) is 15.2 Å². The molecule has 0 bridgehead atoms. The second kappa shape index (κ2) is 9.83. The molecule has 1 heterocycles. The number of methoxy groups -OCH3 is 2. The number of rotatable bonds is 10. The Bertz CT molecular complexity index is 346. The van der Waals surface area contributed by atoms with Gasteiger partial charge in [-0.05, 0) is 25.5 Å². The Morgan fingerprint density at radius 2 is 1.95 bits per heavy atom. The molecule has 0 spiro atoms. The summed E-state index contributed by atoms with van der Waals surface area (Å²) in [5, 5.41) is 0. The lowest BCUT2D eigenvalue weighted by molar-refractivity contribution is 0.0966. The number of hydrogen-bond acceptors (Lipinski definition) is 5. The van der Waals surface area contributed by atoms with Gasteiger partial charge in [-0.25, -0.2) is 0 Å². The SMILES string of the molecule is COCCCN(CCOC)C(c1ccccn1)C(C)N. The predicted molar refractivity (Wildman–Crippen MR) is 80.6 cm³/mol. The Morgan fingerprint density at radius 3 is 2.50 bits per heavy atom. The van der Waals surface area contributed by atoms with E-state index >= 15 is 0 Å². The van der Waals surface area contributed by atoms with E-state index in [2.05, 4.69) is 9.88 Å². The first-order valence-electron chi connectivity index (χ1n) is 7.09. The number of aromatic nitrogens is 1. The van der Waals surface area contributed by atoms with Gasteiger partial charge in [0.25, 0.3) is 0 Å². The van der Waals surface area contributed by atoms with Crippen molar-refractivity contribution in [1.82, 2.24) is 9.88 Å². The van der Waals surface area contributed by atoms with Crippen LogP contribution in [0.5, 0.6) is 0 Å². The van der Waals surface area contributed by atoms with Crippen molar-refractivity contribution in [2.24, 2.45) is 5.73 Å². The van der Waals surface area contributed by atoms with E-state index in [1.165, 1.54) is 0 Å². The highest BCUT2D eigenvalue weighted by molar-refractivity contribution is 5.11. The van der Waals surface area contributed by atoms with E-state index in [9.17, 15) is 0 Å². The van der Waals surface area contributed by atoms with Gasteiger partial charge in [0.2, 0.25) is 0 Å². The fraction of sp³-hybridized carbons (Fsp3) is 0.667. The summed E-state index contributed by atoms with van der Waals surface area (Å²) in [6, 6.07) is 6.06. The van der Waals surface area contributed by atoms with Crippen LogP contribution in [0.2, 0.25) is 0 Å². The molecule has 114 valence electrons. The average molecular weight is 281 g/mol. The molecule has 0 aliphatic carbocycles. The lowest BCUT2D eigenvalue weighted by atomic mass is 10.0. The molecule has 0 radical (unpaired) electrons. The lowest BCUT2D eigenvalue weighted by Crippen LogP contribution is -2.42. The Morgan fingerprint density at radius 1 is 1.20 bits per heavy atom. The first-order valence-corrected chi connectivity index (χ1v) is 7.09. The zero-order valence-electron chi connectivity index (χ0n) is 12.8. The quantitative estimate of drug-likeness (QED) is 0.658. The van der Waals surface area contributed by atoms with Crippen LogP contribution in [0.25, 0.3) is 0 Å². The van der Waals surface area contributed by atoms with Crippen molar-refractivity contribution in [3.63, 3.8) is 0 Å². The van der Waals surface area contributed by atoms with E-state index in [0.717, 1.165) is 31.8 Å². The standard InChI is InChI=1S/C15H27N3O2/c1-13(16)15(14-7-4-5-8-17-14)18(10-12-20-3)9-6-11-19-2/h4-5,7-8,13,15H,6,9-12,16H2,1-3H3. The molecule has 1 aromatic rings. The predicted octanol–water partition coefficient (Wildman–Crippen LogP) is 1.45. The van der Waals surface area contributed by atoms with Crippen LogP contribution in [0, 0.1) is 0 Å². The van der Waals surface area contributed by atoms with Crippen LogP contribution in [0.4, 0.5) is 0 Å². The molecule has 0 aliphatic rings. The maximum atomic E-state index is 6.19. The molecule has 20 heavy (non-hydrogen) atoms. The summed E-state index contributed by atoms with van der Waals surface area (Å²) in [4.78, 5) is 6.79. The van der Waals surface area contributed by atoms with E-state index in [1.807, 2.05) is 31.3 Å². The van der Waals surface area contributed by atoms with E-state index < -0.39 is 0 Å². The van der Waals surface area contributed by atoms with Crippen LogP contribution in [0.3, 0.4) is 0 Å². The maximum absolute atomic E-state index is 6.19. The fourth-order valence-electron chi connectivity index (χ4n) is 2.35. The van der Waals surface area contributed by atoms with Crippen LogP contribution >= 0.6 is 0 Å². The third kappa shape index (κ3) is 5.54. The molecule has 0 aliphatic heterocycles. The average Bonchev–Trinajstić information content (AvgIpc) is 2.45. The largest absolute Gasteiger partial charge is 0.385 e. The van der Waals surface area contributed by atoms with Crippen LogP contribution in [-0.4, -0.2) is 56.4 Å². The molecule has 0 fully saturated rings. The second-order valence-corrected chi connectivity index (χ2v) is 4.93. The van der Waals surface area contributed by atoms with Gasteiger partial charge in [-0.2, -0.15) is 0 Å². The van der Waals surface area contributed by atoms with Crippen molar-refractivity contribution in [2.75, 3.05) is 40.5 Å². The van der Waals surface area contributed by atoms with Gasteiger partial charge in [-0.3, -0.25) is 9.88 Å². The topological polar surface area (TPSA) is 60.6 Å². The minimum absolute atomic E-state index is 0.00398. The first-order chi connectivity index (χ1) is 9.70. The molecule has 2 N–H and O–H groups in total. The van der Waals surface area contributed by atoms with Gasteiger partial charge in [0.15, 0.2) is 0 Å². The molecular weight excluding hydrogens is 254 g/mol. The number of hydrogen-bond donors (Lipinski definition) is 1. The van der Waals surface area contributed by atoms with Gasteiger partial charge in [-0.15, -0.1) is 0 Å². The van der Waals surface area contributed by atoms with Gasteiger partial charge in [0, 0.05) is 46.2 Å². The molecule has 2 unspecified atom stereocenters. The second-order valence-electron chi connectivity index (χ2n) is 4.93. The maximum Gasteiger partial charge on any atom is 0.0671 e. The van der Waals surface area contributed by atoms with Crippen molar-refractivity contribution in [1.29, 1.82) is 0 Å². The minimum atomic E-state index is 0.00398. The van der Waals surface area contributed by atoms with Crippen LogP contribution in [0.15, 0.2) is 24.4 Å². The van der Waals surface area contributed by atoms with E-state index in [0.29, 0.717) is 6.61 Å². The highest BCUT2D eigenvalue weighted by atomic mass is 16.5. The molecule has 0 saturated heterocycles. The summed E-state index contributed by atoms with van der Waals surface area (Å²) < 4.78 is 10.3. The van der Waals surface area contributed by atoms with Crippen molar-refractivity contribution in [2.45, 2.75) is 25.4 Å². The Hall–Kier alpha value is -1.01. The molecule has 0 saturated carbocycles. The van der Waals surface area contributed by atoms with Crippen LogP contribution < -0.4 is 5.73 Å². The first kappa shape index (κ1) is 17.0. The van der Waals surface area contributed by atoms with Crippen molar-refractivity contribution < 1.29 is 9.47 Å². The Balaban J connectivity index is 2.80. The highest BCUT2D eigenvalue weighted by Gasteiger charge is 2.24. The normalized spacial score (nSPS) is 14.4. The zero-order valence-corrected chi connectivity index (χ0v) is 12.8. The number of ether oxygens (including phenoxy) is 2. The summed E-state index contributed by atoms with van der Waals surface area (Å²) >= 11 is 0. The minimum Gasteiger partial charge on any atom is -0.385 e. The third-order valence-corrected chi connectivity index (χ3v) is 3.26. The molecule has 0 aromatic carbocycles. The molecular formula is C15H27N3O2. The number of nitrogens with two attached hydrogens (primary N) is 1. The van der Waals surface area contributed by atoms with Gasteiger partial charge >= 0.3 is 0 Å². The summed E-state index contributed by atoms with van der Waals surface area (Å²) in [6.45, 7) is 5.21. The summed E-state index contributed by atoms with van der Waals surface area (Å²) in [5.74, 6) is 0. The summed E-state index contributed by atoms with van der Waals surface area (Å²) in [6.07, 6.45) is 2.78. The lowest BCUT2D eigenvalue weighted by Gasteiger charge is -2.33. The molecule has 5 heteroatoms. The fourth-order valence-corrected chi connectivity index (χ4v) is 2.35. The molecule has 5 nitrogen and oxygen atoms in total. The highest BCUT2D eigenvalue weighted by Crippen LogP contribution is 2.21. The van der Waals surface area contributed by atoms with Gasteiger partial charge in [0.1, 0.15) is 0 Å². The van der Waals surface area contributed by atoms with E-state index in [-0.39, 0.29) is 12.1 Å². The van der Waals surface area contributed by atoms with Crippen molar-refractivity contribution in [3.05, 3.63) is 30.1 Å². The van der Waals surface area contributed by atoms with Crippen LogP contribution in [0.1, 0.15) is 25.1 Å². The molecule has 0 amide bonds. The van der Waals surface area contributed by atoms with Crippen molar-refractivity contribution >= 4 is 0 Å². The summed E-state index contributed by atoms with van der Waals surface area (Å²) in [5.41, 5.74) is 7.20. The monoisotopic (exact) mass is 281 g/mol. The third-order valence-electron chi connectivity index (χ3n) is 3.26. The van der Waals surface area contributed by atoms with Crippen molar-refractivity contribution in [3.8, 4) is 0 Å². The van der Waals surface area contributed by atoms with Gasteiger partial charge in [-0.1, -0.05) is 6.07 Å². The Labute approximate surface area is 122 Å². The zero-order chi connectivity index (χ0) is 14.8. The van der Waals surface area contributed by atoms with E-state index in [1.54, 1.807) is 14.2 Å². The smallest absolute Gasteiger partial charge is 0.0671 e. The number of nitrogens with zero attached hydrogens (tertiary/aromatic N) is 2.